The normalized spacial score (nSPS) is 13.2. The van der Waals surface area contributed by atoms with Crippen LogP contribution in [0.15, 0.2) is 9.98 Å². The number of quaternary nitrogens is 1. The molecule has 8 nitrogen and oxygen atoms in total. The first kappa shape index (κ1) is 17.6. The van der Waals surface area contributed by atoms with E-state index in [4.69, 9.17) is 4.55 Å². The third-order valence-electron chi connectivity index (χ3n) is 2.86. The van der Waals surface area contributed by atoms with Crippen LogP contribution in [-0.2, 0) is 19.7 Å². The van der Waals surface area contributed by atoms with E-state index in [0.29, 0.717) is 11.0 Å². The van der Waals surface area contributed by atoms with E-state index in [9.17, 15) is 18.0 Å². The van der Waals surface area contributed by atoms with E-state index in [1.165, 1.54) is 12.2 Å². The van der Waals surface area contributed by atoms with Gasteiger partial charge >= 0.3 is 0 Å². The maximum absolute atomic E-state index is 10.6. The quantitative estimate of drug-likeness (QED) is 0.263. The second kappa shape index (κ2) is 7.93. The molecule has 0 aromatic heterocycles. The molecule has 0 aliphatic heterocycles. The number of rotatable bonds is 9. The molecule has 0 aliphatic carbocycles. The van der Waals surface area contributed by atoms with Crippen molar-refractivity contribution in [3.05, 3.63) is 0 Å². The van der Waals surface area contributed by atoms with E-state index in [1.54, 1.807) is 14.1 Å². The highest BCUT2D eigenvalue weighted by atomic mass is 32.2. The third-order valence-corrected chi connectivity index (χ3v) is 3.66. The summed E-state index contributed by atoms with van der Waals surface area (Å²) < 4.78 is 30.3. The molecule has 0 spiro atoms. The summed E-state index contributed by atoms with van der Waals surface area (Å²) >= 11 is 0. The minimum atomic E-state index is -3.99. The Balaban J connectivity index is 4.65. The molecule has 0 rings (SSSR count). The van der Waals surface area contributed by atoms with Crippen LogP contribution in [0.4, 0.5) is 0 Å². The summed E-state index contributed by atoms with van der Waals surface area (Å²) in [5.74, 6) is -0.338. The second-order valence-corrected chi connectivity index (χ2v) is 6.23. The largest absolute Gasteiger partial charge is 0.323 e. The van der Waals surface area contributed by atoms with Crippen molar-refractivity contribution in [1.29, 1.82) is 0 Å². The van der Waals surface area contributed by atoms with Gasteiger partial charge in [0.1, 0.15) is 19.1 Å². The van der Waals surface area contributed by atoms with E-state index in [-0.39, 0.29) is 31.3 Å². The topological polar surface area (TPSA) is 113 Å². The molecule has 0 unspecified atom stereocenters. The third kappa shape index (κ3) is 8.36. The second-order valence-electron chi connectivity index (χ2n) is 4.66. The van der Waals surface area contributed by atoms with Crippen LogP contribution >= 0.6 is 0 Å². The number of hydrogen-bond donors (Lipinski definition) is 1. The van der Waals surface area contributed by atoms with Gasteiger partial charge in [0, 0.05) is 6.42 Å². The summed E-state index contributed by atoms with van der Waals surface area (Å²) in [6, 6.07) is -0.260. The van der Waals surface area contributed by atoms with E-state index in [1.807, 2.05) is 0 Å². The molecule has 0 atom stereocenters. The Morgan fingerprint density at radius 3 is 2.00 bits per heavy atom. The number of aliphatic imine (C=N–C) groups is 2. The van der Waals surface area contributed by atoms with E-state index in [2.05, 4.69) is 9.98 Å². The Kier molecular flexibility index (Phi) is 7.36. The van der Waals surface area contributed by atoms with Gasteiger partial charge in [-0.05, 0) is 0 Å². The summed E-state index contributed by atoms with van der Waals surface area (Å²) in [6.45, 7) is 0.689. The van der Waals surface area contributed by atoms with Crippen LogP contribution in [0.2, 0.25) is 0 Å². The van der Waals surface area contributed by atoms with Crippen molar-refractivity contribution < 1.29 is 27.0 Å². The Morgan fingerprint density at radius 2 is 1.63 bits per heavy atom. The van der Waals surface area contributed by atoms with Crippen molar-refractivity contribution in [2.45, 2.75) is 12.5 Å². The van der Waals surface area contributed by atoms with Crippen LogP contribution < -0.4 is 0 Å². The summed E-state index contributed by atoms with van der Waals surface area (Å²) in [7, 11) is -0.386. The molecule has 0 saturated carbocycles. The molecule has 19 heavy (non-hydrogen) atoms. The van der Waals surface area contributed by atoms with Crippen molar-refractivity contribution in [3.63, 3.8) is 0 Å². The molecule has 0 aromatic carbocycles. The van der Waals surface area contributed by atoms with Gasteiger partial charge in [-0.3, -0.25) is 4.55 Å². The lowest BCUT2D eigenvalue weighted by atomic mass is 10.2. The molecule has 1 N–H and O–H groups in total. The Hall–Kier alpha value is -1.37. The summed E-state index contributed by atoms with van der Waals surface area (Å²) in [6.07, 6.45) is 3.08. The minimum absolute atomic E-state index is 0.132. The molecule has 0 amide bonds. The van der Waals surface area contributed by atoms with E-state index >= 15 is 0 Å². The predicted molar refractivity (Wildman–Crippen MR) is 67.8 cm³/mol. The van der Waals surface area contributed by atoms with Crippen molar-refractivity contribution in [2.24, 2.45) is 9.98 Å². The van der Waals surface area contributed by atoms with Crippen LogP contribution in [0.25, 0.3) is 0 Å². The molecule has 0 aromatic rings. The molecule has 0 saturated heterocycles. The van der Waals surface area contributed by atoms with Gasteiger partial charge in [0.05, 0.1) is 26.4 Å². The summed E-state index contributed by atoms with van der Waals surface area (Å²) in [5, 5.41) is 0. The van der Waals surface area contributed by atoms with Gasteiger partial charge < -0.3 is 4.48 Å². The van der Waals surface area contributed by atoms with Crippen LogP contribution in [0, 0.1) is 0 Å². The highest BCUT2D eigenvalue weighted by Gasteiger charge is 2.28. The predicted octanol–water partition coefficient (Wildman–Crippen LogP) is -0.619. The molecular weight excluding hydrogens is 274 g/mol. The molecule has 0 aliphatic rings. The van der Waals surface area contributed by atoms with E-state index < -0.39 is 10.1 Å². The fraction of sp³-hybridized carbons (Fsp3) is 0.800. The van der Waals surface area contributed by atoms with Gasteiger partial charge in [-0.25, -0.2) is 9.59 Å². The highest BCUT2D eigenvalue weighted by molar-refractivity contribution is 7.85. The van der Waals surface area contributed by atoms with E-state index in [0.717, 1.165) is 0 Å². The smallest absolute Gasteiger partial charge is 0.265 e. The SMILES string of the molecule is C[N+](C)(CCCS(=O)(=O)O)C(CN=C=O)CN=C=O. The molecule has 0 radical (unpaired) electrons. The van der Waals surface area contributed by atoms with Gasteiger partial charge in [-0.2, -0.15) is 18.4 Å². The summed E-state index contributed by atoms with van der Waals surface area (Å²) in [5.41, 5.74) is 0. The lowest BCUT2D eigenvalue weighted by molar-refractivity contribution is -0.911. The zero-order chi connectivity index (χ0) is 14.9. The Labute approximate surface area is 112 Å². The Morgan fingerprint density at radius 1 is 1.16 bits per heavy atom. The lowest BCUT2D eigenvalue weighted by Gasteiger charge is -2.36. The number of isocyanates is 2. The number of nitrogens with zero attached hydrogens (tertiary/aromatic N) is 3. The maximum Gasteiger partial charge on any atom is 0.265 e. The van der Waals surface area contributed by atoms with Crippen LogP contribution in [-0.4, -0.2) is 75.1 Å². The minimum Gasteiger partial charge on any atom is -0.323 e. The molecule has 9 heteroatoms. The molecule has 0 bridgehead atoms. The first-order chi connectivity index (χ1) is 8.73. The lowest BCUT2D eigenvalue weighted by Crippen LogP contribution is -2.52. The summed E-state index contributed by atoms with van der Waals surface area (Å²) in [4.78, 5) is 27.2. The van der Waals surface area contributed by atoms with Crippen LogP contribution in [0.3, 0.4) is 0 Å². The van der Waals surface area contributed by atoms with Gasteiger partial charge in [0.15, 0.2) is 0 Å². The standard InChI is InChI=1S/C10H17N3O5S/c1-13(2,4-3-5-19(16,17)18)10(6-11-8-14)7-12-9-15/h10H,3-7H2,1-2H3/p+1. The van der Waals surface area contributed by atoms with Crippen molar-refractivity contribution in [3.8, 4) is 0 Å². The number of carbonyl (C=O) groups excluding carboxylic acids is 2. The zero-order valence-electron chi connectivity index (χ0n) is 10.9. The average Bonchev–Trinajstić information content (AvgIpc) is 2.26. The van der Waals surface area contributed by atoms with Crippen LogP contribution in [0.1, 0.15) is 6.42 Å². The van der Waals surface area contributed by atoms with Crippen molar-refractivity contribution >= 4 is 22.3 Å². The fourth-order valence-electron chi connectivity index (χ4n) is 1.62. The molecule has 0 fully saturated rings. The molecule has 108 valence electrons. The first-order valence-electron chi connectivity index (χ1n) is 5.58. The van der Waals surface area contributed by atoms with Crippen molar-refractivity contribution in [1.82, 2.24) is 0 Å². The number of likely N-dealkylation sites (N-methyl/N-ethyl adjacent to an activating group) is 1. The monoisotopic (exact) mass is 292 g/mol. The molecular formula is C10H18N3O5S+. The van der Waals surface area contributed by atoms with Gasteiger partial charge in [0.2, 0.25) is 12.2 Å². The van der Waals surface area contributed by atoms with Crippen LogP contribution in [0.5, 0.6) is 0 Å². The maximum atomic E-state index is 10.6. The van der Waals surface area contributed by atoms with Gasteiger partial charge in [-0.15, -0.1) is 0 Å². The van der Waals surface area contributed by atoms with Crippen molar-refractivity contribution in [2.75, 3.05) is 39.5 Å². The fourth-order valence-corrected chi connectivity index (χ4v) is 2.12. The van der Waals surface area contributed by atoms with Gasteiger partial charge in [0.25, 0.3) is 10.1 Å². The Bertz CT molecular complexity index is 455. The first-order valence-corrected chi connectivity index (χ1v) is 7.19. The zero-order valence-corrected chi connectivity index (χ0v) is 11.8. The molecule has 0 heterocycles. The number of hydrogen-bond acceptors (Lipinski definition) is 6. The van der Waals surface area contributed by atoms with Gasteiger partial charge in [-0.1, -0.05) is 0 Å². The highest BCUT2D eigenvalue weighted by Crippen LogP contribution is 2.10. The average molecular weight is 292 g/mol.